The summed E-state index contributed by atoms with van der Waals surface area (Å²) in [4.78, 5) is 0. The monoisotopic (exact) mass is 1190 g/mol. The Labute approximate surface area is 225 Å². The van der Waals surface area contributed by atoms with E-state index >= 15 is 0 Å². The summed E-state index contributed by atoms with van der Waals surface area (Å²) < 4.78 is 0. The average Bonchev–Trinajstić information content (AvgIpc) is 1.41. The summed E-state index contributed by atoms with van der Waals surface area (Å²) in [6, 6.07) is 0. The summed E-state index contributed by atoms with van der Waals surface area (Å²) in [5.41, 5.74) is 13.4. The first kappa shape index (κ1) is 74.9. The molecule has 0 aliphatic carbocycles. The van der Waals surface area contributed by atoms with Crippen molar-refractivity contribution in [1.29, 1.82) is 5.41 Å². The summed E-state index contributed by atoms with van der Waals surface area (Å²) in [6.45, 7) is 0. The Morgan fingerprint density at radius 3 is 0.786 bits per heavy atom. The van der Waals surface area contributed by atoms with Gasteiger partial charge in [0.15, 0.2) is 5.96 Å². The molecular formula is C2H13I7N4Pb. The van der Waals surface area contributed by atoms with Crippen LogP contribution in [0.1, 0.15) is 0 Å². The van der Waals surface area contributed by atoms with Crippen molar-refractivity contribution in [1.82, 2.24) is 0 Å². The summed E-state index contributed by atoms with van der Waals surface area (Å²) in [5, 5.41) is 6.06. The van der Waals surface area contributed by atoms with Crippen LogP contribution >= 0.6 is 71.9 Å². The molecule has 0 aromatic carbocycles. The molecule has 14 heavy (non-hydrogen) atoms. The van der Waals surface area contributed by atoms with Crippen molar-refractivity contribution >= 4 is 105 Å². The van der Waals surface area contributed by atoms with Gasteiger partial charge in [0.1, 0.15) is 0 Å². The van der Waals surface area contributed by atoms with Gasteiger partial charge in [0.05, 0.1) is 0 Å². The van der Waals surface area contributed by atoms with Crippen molar-refractivity contribution in [2.75, 3.05) is 7.05 Å². The molecule has 0 radical (unpaired) electrons. The maximum Gasteiger partial charge on any atom is 4.00 e. The third kappa shape index (κ3) is 165. The van der Waals surface area contributed by atoms with Crippen molar-refractivity contribution in [3.05, 3.63) is 0 Å². The predicted molar refractivity (Wildman–Crippen MR) is 78.2 cm³/mol. The Morgan fingerprint density at radius 2 is 0.786 bits per heavy atom. The summed E-state index contributed by atoms with van der Waals surface area (Å²) in [5.74, 6) is -0.333. The van der Waals surface area contributed by atoms with E-state index in [2.05, 4.69) is 17.2 Å². The first-order valence-corrected chi connectivity index (χ1v) is 1.40. The third-order valence-electron chi connectivity index (χ3n) is 0. The topological polar surface area (TPSA) is 102 Å². The van der Waals surface area contributed by atoms with Gasteiger partial charge >= 0.3 is 27.3 Å². The van der Waals surface area contributed by atoms with Crippen LogP contribution in [-0.2, 0) is 0 Å². The molecule has 12 heteroatoms. The van der Waals surface area contributed by atoms with Crippen molar-refractivity contribution in [3.63, 3.8) is 0 Å². The molecule has 0 bridgehead atoms. The van der Waals surface area contributed by atoms with Gasteiger partial charge in [-0.25, -0.2) is 0 Å². The standard InChI is InChI=1S/CH5N3.CH5N.7HI.Pb/c2-1(3)4;1-2;;;;;;;;/h(H5,2,3,4);2H2,1H3;7*1H;/q;;;;;;;;;+4/p-4. The molecule has 0 saturated carbocycles. The fourth-order valence-electron chi connectivity index (χ4n) is 0. The van der Waals surface area contributed by atoms with E-state index < -0.39 is 0 Å². The van der Waals surface area contributed by atoms with Crippen LogP contribution in [-0.4, -0.2) is 40.3 Å². The van der Waals surface area contributed by atoms with Gasteiger partial charge in [-0.05, 0) is 7.05 Å². The van der Waals surface area contributed by atoms with Gasteiger partial charge in [0, 0.05) is 0 Å². The second kappa shape index (κ2) is 79.7. The zero-order chi connectivity index (χ0) is 5.58. The normalized spacial score (nSPS) is 2.14. The largest absolute Gasteiger partial charge is 4.00 e. The molecule has 0 unspecified atom stereocenters. The predicted octanol–water partition coefficient (Wildman–Crippen LogP) is -12.1. The number of nitrogens with one attached hydrogen (secondary N) is 1. The fourth-order valence-corrected chi connectivity index (χ4v) is 0. The molecule has 0 aliphatic rings. The molecule has 7 N–H and O–H groups in total. The van der Waals surface area contributed by atoms with Gasteiger partial charge in [0.2, 0.25) is 0 Å². The van der Waals surface area contributed by atoms with Crippen LogP contribution in [0.4, 0.5) is 0 Å². The quantitative estimate of drug-likeness (QED) is 0.0841. The van der Waals surface area contributed by atoms with Crippen LogP contribution in [0, 0.1) is 5.41 Å². The summed E-state index contributed by atoms with van der Waals surface area (Å²) in [7, 11) is 1.50. The van der Waals surface area contributed by atoms with Gasteiger partial charge in [-0.1, -0.05) is 0 Å². The number of nitrogens with two attached hydrogens (primary N) is 3. The minimum Gasteiger partial charge on any atom is -1.00 e. The van der Waals surface area contributed by atoms with Crippen LogP contribution in [0.5, 0.6) is 0 Å². The van der Waals surface area contributed by atoms with Crippen LogP contribution in [0.3, 0.4) is 0 Å². The molecule has 0 rings (SSSR count). The van der Waals surface area contributed by atoms with Crippen LogP contribution in [0.2, 0.25) is 0 Å². The zero-order valence-corrected chi connectivity index (χ0v) is 26.5. The SMILES string of the molecule is CN.I.I.I.N=C(N)N.[I-].[I-].[I-].[I-].[Pb+4]. The van der Waals surface area contributed by atoms with E-state index in [1.165, 1.54) is 7.05 Å². The number of guanidine groups is 1. The average molecular weight is 1190 g/mol. The fraction of sp³-hybridized carbons (Fsp3) is 0.500. The van der Waals surface area contributed by atoms with E-state index in [4.69, 9.17) is 5.41 Å². The van der Waals surface area contributed by atoms with Gasteiger partial charge < -0.3 is 113 Å². The van der Waals surface area contributed by atoms with Gasteiger partial charge in [-0.15, -0.1) is 71.9 Å². The smallest absolute Gasteiger partial charge is 1.00 e. The third-order valence-corrected chi connectivity index (χ3v) is 0. The second-order valence-corrected chi connectivity index (χ2v) is 0.455. The Morgan fingerprint density at radius 1 is 0.786 bits per heavy atom. The van der Waals surface area contributed by atoms with Crippen molar-refractivity contribution in [2.45, 2.75) is 0 Å². The number of halogens is 7. The molecule has 94 valence electrons. The molecule has 0 saturated heterocycles. The molecule has 4 nitrogen and oxygen atoms in total. The van der Waals surface area contributed by atoms with Gasteiger partial charge in [-0.3, -0.25) is 5.41 Å². The molecule has 0 heterocycles. The minimum atomic E-state index is -0.333. The van der Waals surface area contributed by atoms with Crippen LogP contribution < -0.4 is 113 Å². The maximum absolute atomic E-state index is 6.06. The molecule has 0 aromatic rings. The summed E-state index contributed by atoms with van der Waals surface area (Å²) in [6.07, 6.45) is 0. The summed E-state index contributed by atoms with van der Waals surface area (Å²) >= 11 is 0. The molecule has 0 amide bonds. The number of rotatable bonds is 0. The van der Waals surface area contributed by atoms with Crippen molar-refractivity contribution in [2.24, 2.45) is 17.2 Å². The molecule has 0 fully saturated rings. The van der Waals surface area contributed by atoms with Crippen LogP contribution in [0.25, 0.3) is 0 Å². The molecule has 0 spiro atoms. The Bertz CT molecular complexity index is 46.7. The minimum absolute atomic E-state index is 0. The van der Waals surface area contributed by atoms with E-state index in [0.717, 1.165) is 0 Å². The van der Waals surface area contributed by atoms with Gasteiger partial charge in [-0.2, -0.15) is 0 Å². The molecule has 0 atom stereocenters. The van der Waals surface area contributed by atoms with E-state index in [-0.39, 0.29) is 201 Å². The second-order valence-electron chi connectivity index (χ2n) is 0.455. The maximum atomic E-state index is 6.06. The van der Waals surface area contributed by atoms with Crippen molar-refractivity contribution in [3.8, 4) is 0 Å². The molecular weight excluding hydrogens is 1180 g/mol. The molecule has 0 aromatic heterocycles. The van der Waals surface area contributed by atoms with Crippen molar-refractivity contribution < 1.29 is 95.9 Å². The van der Waals surface area contributed by atoms with Gasteiger partial charge in [0.25, 0.3) is 0 Å². The number of hydrogen-bond donors (Lipinski definition) is 4. The van der Waals surface area contributed by atoms with Crippen LogP contribution in [0.15, 0.2) is 0 Å². The zero-order valence-electron chi connectivity index (χ0n) is 6.97. The number of hydrogen-bond acceptors (Lipinski definition) is 2. The van der Waals surface area contributed by atoms with E-state index in [1.54, 1.807) is 0 Å². The Hall–Kier alpha value is 5.26. The Kier molecular flexibility index (Phi) is 426. The van der Waals surface area contributed by atoms with E-state index in [0.29, 0.717) is 0 Å². The van der Waals surface area contributed by atoms with E-state index in [9.17, 15) is 0 Å². The first-order valence-electron chi connectivity index (χ1n) is 1.40. The van der Waals surface area contributed by atoms with E-state index in [1.807, 2.05) is 0 Å². The molecule has 0 aliphatic heterocycles. The Balaban J connectivity index is -0.00000000192. The first-order chi connectivity index (χ1) is 2.73.